The number of aromatic carboxylic acids is 1. The Kier molecular flexibility index (Phi) is 5.42. The molecule has 0 fully saturated rings. The van der Waals surface area contributed by atoms with Crippen LogP contribution in [0.25, 0.3) is 11.3 Å². The number of benzene rings is 2. The third-order valence-electron chi connectivity index (χ3n) is 3.82. The highest BCUT2D eigenvalue weighted by Gasteiger charge is 2.18. The molecule has 1 heterocycles. The highest BCUT2D eigenvalue weighted by Crippen LogP contribution is 2.31. The summed E-state index contributed by atoms with van der Waals surface area (Å²) in [6.07, 6.45) is 1.37. The lowest BCUT2D eigenvalue weighted by Gasteiger charge is -2.03. The summed E-state index contributed by atoms with van der Waals surface area (Å²) in [5.41, 5.74) is 4.16. The lowest BCUT2D eigenvalue weighted by Crippen LogP contribution is -1.99. The number of hydrazone groups is 1. The van der Waals surface area contributed by atoms with Crippen molar-refractivity contribution in [2.24, 2.45) is 5.10 Å². The first-order chi connectivity index (χ1) is 13.3. The van der Waals surface area contributed by atoms with Gasteiger partial charge in [0, 0.05) is 6.07 Å². The van der Waals surface area contributed by atoms with Crippen molar-refractivity contribution < 1.29 is 19.2 Å². The largest absolute Gasteiger partial charge is 0.478 e. The van der Waals surface area contributed by atoms with Gasteiger partial charge in [0.15, 0.2) is 0 Å². The fraction of sp³-hybridized carbons (Fsp3) is 0.0526. The first-order valence-electron chi connectivity index (χ1n) is 8.02. The van der Waals surface area contributed by atoms with Crippen molar-refractivity contribution in [3.63, 3.8) is 0 Å². The van der Waals surface area contributed by atoms with Crippen LogP contribution in [0.1, 0.15) is 21.7 Å². The fourth-order valence-corrected chi connectivity index (χ4v) is 2.70. The number of carboxylic acid groups (broad SMARTS) is 1. The number of aryl methyl sites for hydroxylation is 1. The van der Waals surface area contributed by atoms with Gasteiger partial charge in [0.25, 0.3) is 5.69 Å². The van der Waals surface area contributed by atoms with Crippen LogP contribution in [0.15, 0.2) is 58.0 Å². The number of carboxylic acids is 1. The molecule has 0 amide bonds. The molecule has 3 aromatic rings. The number of nitro benzene ring substituents is 1. The molecule has 0 aliphatic heterocycles. The normalized spacial score (nSPS) is 10.9. The first kappa shape index (κ1) is 19.1. The van der Waals surface area contributed by atoms with Crippen molar-refractivity contribution in [2.75, 3.05) is 5.43 Å². The van der Waals surface area contributed by atoms with Crippen LogP contribution in [0.2, 0.25) is 5.02 Å². The zero-order valence-corrected chi connectivity index (χ0v) is 15.3. The second-order valence-electron chi connectivity index (χ2n) is 5.85. The summed E-state index contributed by atoms with van der Waals surface area (Å²) in [7, 11) is 0. The zero-order chi connectivity index (χ0) is 20.3. The molecule has 0 spiro atoms. The predicted octanol–water partition coefficient (Wildman–Crippen LogP) is 4.96. The molecular formula is C19H14ClN3O5. The van der Waals surface area contributed by atoms with E-state index in [4.69, 9.17) is 21.1 Å². The first-order valence-corrected chi connectivity index (χ1v) is 8.40. The Balaban J connectivity index is 1.78. The zero-order valence-electron chi connectivity index (χ0n) is 14.5. The molecule has 142 valence electrons. The smallest absolute Gasteiger partial charge is 0.337 e. The van der Waals surface area contributed by atoms with Crippen molar-refractivity contribution >= 4 is 35.2 Å². The van der Waals surface area contributed by atoms with Gasteiger partial charge in [-0.1, -0.05) is 17.7 Å². The number of hydrogen-bond acceptors (Lipinski definition) is 6. The molecule has 0 radical (unpaired) electrons. The minimum Gasteiger partial charge on any atom is -0.478 e. The van der Waals surface area contributed by atoms with E-state index in [1.165, 1.54) is 24.4 Å². The van der Waals surface area contributed by atoms with Crippen LogP contribution in [0.3, 0.4) is 0 Å². The lowest BCUT2D eigenvalue weighted by molar-refractivity contribution is -0.384. The van der Waals surface area contributed by atoms with Crippen LogP contribution in [0, 0.1) is 17.0 Å². The average Bonchev–Trinajstić information content (AvgIpc) is 3.11. The molecule has 0 atom stereocenters. The summed E-state index contributed by atoms with van der Waals surface area (Å²) in [5, 5.41) is 24.4. The van der Waals surface area contributed by atoms with Gasteiger partial charge in [0.05, 0.1) is 33.0 Å². The summed E-state index contributed by atoms with van der Waals surface area (Å²) in [6, 6.07) is 12.5. The van der Waals surface area contributed by atoms with Gasteiger partial charge in [0.1, 0.15) is 11.5 Å². The third-order valence-corrected chi connectivity index (χ3v) is 4.15. The summed E-state index contributed by atoms with van der Waals surface area (Å²) in [4.78, 5) is 21.9. The topological polar surface area (TPSA) is 118 Å². The van der Waals surface area contributed by atoms with E-state index < -0.39 is 10.9 Å². The Hall–Kier alpha value is -3.65. The summed E-state index contributed by atoms with van der Waals surface area (Å²) in [6.45, 7) is 1.77. The van der Waals surface area contributed by atoms with Crippen LogP contribution in [-0.4, -0.2) is 22.2 Å². The van der Waals surface area contributed by atoms with Gasteiger partial charge in [-0.15, -0.1) is 0 Å². The van der Waals surface area contributed by atoms with E-state index in [2.05, 4.69) is 10.5 Å². The maximum atomic E-state index is 11.3. The van der Waals surface area contributed by atoms with Gasteiger partial charge in [0.2, 0.25) is 0 Å². The summed E-state index contributed by atoms with van der Waals surface area (Å²) in [5.74, 6) is -0.439. The van der Waals surface area contributed by atoms with Gasteiger partial charge in [-0.2, -0.15) is 5.10 Å². The number of carbonyl (C=O) groups is 1. The van der Waals surface area contributed by atoms with Crippen LogP contribution >= 0.6 is 11.6 Å². The Morgan fingerprint density at radius 3 is 2.75 bits per heavy atom. The fourth-order valence-electron chi connectivity index (χ4n) is 2.50. The second kappa shape index (κ2) is 7.93. The number of nitrogens with one attached hydrogen (secondary N) is 1. The van der Waals surface area contributed by atoms with Crippen LogP contribution < -0.4 is 5.43 Å². The van der Waals surface area contributed by atoms with Gasteiger partial charge in [-0.25, -0.2) is 4.79 Å². The molecule has 8 nitrogen and oxygen atoms in total. The molecule has 2 aromatic carbocycles. The second-order valence-corrected chi connectivity index (χ2v) is 6.26. The predicted molar refractivity (Wildman–Crippen MR) is 105 cm³/mol. The number of nitrogens with zero attached hydrogens (tertiary/aromatic N) is 2. The number of nitro groups is 1. The number of halogens is 1. The van der Waals surface area contributed by atoms with Crippen molar-refractivity contribution in [3.05, 3.63) is 80.6 Å². The van der Waals surface area contributed by atoms with Crippen molar-refractivity contribution in [2.45, 2.75) is 6.92 Å². The maximum absolute atomic E-state index is 11.3. The molecule has 28 heavy (non-hydrogen) atoms. The SMILES string of the molecule is Cc1ccc(-c2ccc(/C=N\Nc3ccc(Cl)c(C(=O)O)c3)o2)c([N+](=O)[O-])c1. The molecule has 0 saturated carbocycles. The Morgan fingerprint density at radius 2 is 2.04 bits per heavy atom. The van der Waals surface area contributed by atoms with Gasteiger partial charge >= 0.3 is 5.97 Å². The number of rotatable bonds is 6. The average molecular weight is 400 g/mol. The highest BCUT2D eigenvalue weighted by atomic mass is 35.5. The highest BCUT2D eigenvalue weighted by molar-refractivity contribution is 6.33. The van der Waals surface area contributed by atoms with Crippen molar-refractivity contribution in [1.29, 1.82) is 0 Å². The van der Waals surface area contributed by atoms with E-state index in [0.717, 1.165) is 5.56 Å². The summed E-state index contributed by atoms with van der Waals surface area (Å²) >= 11 is 5.82. The Morgan fingerprint density at radius 1 is 1.25 bits per heavy atom. The molecule has 0 bridgehead atoms. The van der Waals surface area contributed by atoms with Crippen LogP contribution in [-0.2, 0) is 0 Å². The van der Waals surface area contributed by atoms with E-state index in [1.807, 2.05) is 0 Å². The Labute approximate surface area is 164 Å². The molecule has 3 rings (SSSR count). The number of furan rings is 1. The van der Waals surface area contributed by atoms with Crippen LogP contribution in [0.4, 0.5) is 11.4 Å². The molecule has 0 aliphatic carbocycles. The van der Waals surface area contributed by atoms with Gasteiger partial charge < -0.3 is 9.52 Å². The van der Waals surface area contributed by atoms with Gasteiger partial charge in [-0.3, -0.25) is 15.5 Å². The quantitative estimate of drug-likeness (QED) is 0.343. The third kappa shape index (κ3) is 4.18. The van der Waals surface area contributed by atoms with Crippen LogP contribution in [0.5, 0.6) is 0 Å². The number of anilines is 1. The minimum absolute atomic E-state index is 0.0432. The monoisotopic (exact) mass is 399 g/mol. The molecule has 2 N–H and O–H groups in total. The van der Waals surface area contributed by atoms with E-state index in [9.17, 15) is 14.9 Å². The molecule has 1 aromatic heterocycles. The molecule has 0 saturated heterocycles. The number of hydrogen-bond donors (Lipinski definition) is 2. The lowest BCUT2D eigenvalue weighted by atomic mass is 10.1. The van der Waals surface area contributed by atoms with Crippen molar-refractivity contribution in [3.8, 4) is 11.3 Å². The van der Waals surface area contributed by atoms with E-state index in [-0.39, 0.29) is 16.3 Å². The molecule has 9 heteroatoms. The van der Waals surface area contributed by atoms with E-state index >= 15 is 0 Å². The van der Waals surface area contributed by atoms with Crippen molar-refractivity contribution in [1.82, 2.24) is 0 Å². The van der Waals surface area contributed by atoms with E-state index in [1.54, 1.807) is 37.3 Å². The maximum Gasteiger partial charge on any atom is 0.337 e. The Bertz CT molecular complexity index is 1090. The molecule has 0 aliphatic rings. The van der Waals surface area contributed by atoms with Gasteiger partial charge in [-0.05, 0) is 48.9 Å². The summed E-state index contributed by atoms with van der Waals surface area (Å²) < 4.78 is 5.61. The van der Waals surface area contributed by atoms with E-state index in [0.29, 0.717) is 22.8 Å². The standard InChI is InChI=1S/C19H14ClN3O5/c1-11-2-5-14(17(8-11)23(26)27)18-7-4-13(28-18)10-21-22-12-3-6-16(20)15(9-12)19(24)25/h2-10,22H,1H3,(H,24,25)/b21-10-. The minimum atomic E-state index is -1.15. The molecule has 0 unspecified atom stereocenters. The molecular weight excluding hydrogens is 386 g/mol.